The van der Waals surface area contributed by atoms with Crippen molar-refractivity contribution >= 4 is 23.8 Å². The Morgan fingerprint density at radius 1 is 0.537 bits per heavy atom. The number of ether oxygens (including phenoxy) is 3. The van der Waals surface area contributed by atoms with Crippen LogP contribution in [0.15, 0.2) is 0 Å². The summed E-state index contributed by atoms with van der Waals surface area (Å²) in [6.45, 7) is 17.5. The van der Waals surface area contributed by atoms with Gasteiger partial charge in [0.15, 0.2) is 6.10 Å². The molecule has 240 valence electrons. The van der Waals surface area contributed by atoms with E-state index in [9.17, 15) is 19.2 Å². The fourth-order valence-corrected chi connectivity index (χ4v) is 4.93. The molecule has 0 rings (SSSR count). The fraction of sp³-hybridized carbons (Fsp3) is 0.879. The van der Waals surface area contributed by atoms with Crippen molar-refractivity contribution in [3.05, 3.63) is 0 Å². The molecule has 0 aliphatic heterocycles. The molecule has 8 nitrogen and oxygen atoms in total. The maximum Gasteiger partial charge on any atom is 0.309 e. The van der Waals surface area contributed by atoms with Gasteiger partial charge in [-0.2, -0.15) is 0 Å². The van der Waals surface area contributed by atoms with Gasteiger partial charge in [0, 0.05) is 0 Å². The second-order valence-electron chi connectivity index (χ2n) is 11.6. The summed E-state index contributed by atoms with van der Waals surface area (Å²) in [6.07, 6.45) is 7.96. The molecule has 0 aromatic heterocycles. The molecule has 0 saturated carbocycles. The molecule has 0 fully saturated rings. The average Bonchev–Trinajstić information content (AvgIpc) is 2.93. The van der Waals surface area contributed by atoms with Crippen LogP contribution >= 0.6 is 0 Å². The van der Waals surface area contributed by atoms with Crippen molar-refractivity contribution < 1.29 is 33.4 Å². The largest absolute Gasteiger partial charge is 0.461 e. The van der Waals surface area contributed by atoms with E-state index in [1.807, 2.05) is 20.8 Å². The van der Waals surface area contributed by atoms with Crippen LogP contribution in [0, 0.1) is 17.8 Å². The predicted octanol–water partition coefficient (Wildman–Crippen LogP) is 7.26. The molecule has 0 aromatic rings. The molecule has 0 aliphatic carbocycles. The second kappa shape index (κ2) is 22.5. The molecule has 0 bridgehead atoms. The van der Waals surface area contributed by atoms with Gasteiger partial charge < -0.3 is 19.1 Å². The summed E-state index contributed by atoms with van der Waals surface area (Å²) in [5.74, 6) is -1.89. The monoisotopic (exact) mass is 583 g/mol. The third kappa shape index (κ3) is 15.6. The molecule has 0 N–H and O–H groups in total. The lowest BCUT2D eigenvalue weighted by atomic mass is 9.99. The van der Waals surface area contributed by atoms with E-state index in [1.165, 1.54) is 4.90 Å². The zero-order valence-electron chi connectivity index (χ0n) is 27.7. The number of hydrogen-bond donors (Lipinski definition) is 0. The first-order valence-electron chi connectivity index (χ1n) is 16.4. The summed E-state index contributed by atoms with van der Waals surface area (Å²) >= 11 is 0. The number of hydrogen-bond acceptors (Lipinski definition) is 7. The quantitative estimate of drug-likeness (QED) is 0.0922. The van der Waals surface area contributed by atoms with E-state index in [4.69, 9.17) is 14.2 Å². The molecule has 6 atom stereocenters. The summed E-state index contributed by atoms with van der Waals surface area (Å²) in [4.78, 5) is 53.5. The van der Waals surface area contributed by atoms with Crippen molar-refractivity contribution in [1.29, 1.82) is 0 Å². The van der Waals surface area contributed by atoms with Gasteiger partial charge in [0.05, 0.1) is 30.8 Å². The maximum absolute atomic E-state index is 13.6. The second-order valence-corrected chi connectivity index (χ2v) is 11.6. The van der Waals surface area contributed by atoms with Gasteiger partial charge in [-0.3, -0.25) is 19.2 Å². The average molecular weight is 584 g/mol. The van der Waals surface area contributed by atoms with Crippen LogP contribution in [0.3, 0.4) is 0 Å². The molecule has 0 heterocycles. The minimum Gasteiger partial charge on any atom is -0.461 e. The van der Waals surface area contributed by atoms with Crippen LogP contribution in [0.4, 0.5) is 0 Å². The maximum atomic E-state index is 13.6. The van der Waals surface area contributed by atoms with Gasteiger partial charge in [0.1, 0.15) is 12.2 Å². The molecular formula is C33H61NO7. The molecule has 8 heteroatoms. The first kappa shape index (κ1) is 38.9. The summed E-state index contributed by atoms with van der Waals surface area (Å²) in [6, 6.07) is 0. The van der Waals surface area contributed by atoms with E-state index < -0.39 is 24.2 Å². The molecule has 1 amide bonds. The van der Waals surface area contributed by atoms with E-state index in [1.54, 1.807) is 20.8 Å². The summed E-state index contributed by atoms with van der Waals surface area (Å²) in [5, 5.41) is 0. The third-order valence-electron chi connectivity index (χ3n) is 7.74. The lowest BCUT2D eigenvalue weighted by Gasteiger charge is -2.31. The number of carbonyl (C=O) groups excluding carboxylic acids is 4. The van der Waals surface area contributed by atoms with E-state index in [0.717, 1.165) is 57.8 Å². The van der Waals surface area contributed by atoms with Crippen LogP contribution in [-0.2, 0) is 33.4 Å². The molecule has 0 aliphatic rings. The van der Waals surface area contributed by atoms with Crippen molar-refractivity contribution in [3.8, 4) is 0 Å². The van der Waals surface area contributed by atoms with Gasteiger partial charge in [-0.1, -0.05) is 80.1 Å². The summed E-state index contributed by atoms with van der Waals surface area (Å²) < 4.78 is 17.1. The Morgan fingerprint density at radius 2 is 0.854 bits per heavy atom. The van der Waals surface area contributed by atoms with Gasteiger partial charge in [0.25, 0.3) is 5.91 Å². The van der Waals surface area contributed by atoms with Crippen molar-refractivity contribution in [2.45, 2.75) is 158 Å². The first-order chi connectivity index (χ1) is 19.5. The van der Waals surface area contributed by atoms with E-state index in [-0.39, 0.29) is 48.8 Å². The van der Waals surface area contributed by atoms with Crippen LogP contribution in [0.1, 0.15) is 139 Å². The molecule has 0 spiro atoms. The standard InChI is InChI=1S/C33H61NO7/c1-10-16-19-27(13-4)31(36)39-24(7)22-34(23-25(8)40-32(37)28(14-5)20-17-11-2)30(35)26(9)41-33(38)29(15-6)21-18-12-3/h24-29H,10-23H2,1-9H3/t24-,25-,26-,27+,28+,29+/m1/s1. The minimum absolute atomic E-state index is 0.110. The highest BCUT2D eigenvalue weighted by Gasteiger charge is 2.31. The van der Waals surface area contributed by atoms with E-state index >= 15 is 0 Å². The number of rotatable bonds is 23. The molecule has 0 unspecified atom stereocenters. The number of amides is 1. The van der Waals surface area contributed by atoms with Crippen LogP contribution in [0.2, 0.25) is 0 Å². The molecule has 41 heavy (non-hydrogen) atoms. The molecule has 0 saturated heterocycles. The Hall–Kier alpha value is -2.12. The Labute approximate surface area is 250 Å². The zero-order chi connectivity index (χ0) is 31.4. The van der Waals surface area contributed by atoms with Crippen LogP contribution in [0.5, 0.6) is 0 Å². The van der Waals surface area contributed by atoms with Crippen LogP contribution in [-0.4, -0.2) is 60.1 Å². The fourth-order valence-electron chi connectivity index (χ4n) is 4.93. The van der Waals surface area contributed by atoms with Gasteiger partial charge >= 0.3 is 17.9 Å². The lowest BCUT2D eigenvalue weighted by Crippen LogP contribution is -2.48. The van der Waals surface area contributed by atoms with Crippen molar-refractivity contribution in [1.82, 2.24) is 4.90 Å². The van der Waals surface area contributed by atoms with Gasteiger partial charge in [-0.05, 0) is 59.3 Å². The van der Waals surface area contributed by atoms with E-state index in [2.05, 4.69) is 20.8 Å². The lowest BCUT2D eigenvalue weighted by molar-refractivity contribution is -0.166. The van der Waals surface area contributed by atoms with Gasteiger partial charge in [-0.25, -0.2) is 0 Å². The molecule has 0 aromatic carbocycles. The first-order valence-corrected chi connectivity index (χ1v) is 16.4. The Morgan fingerprint density at radius 3 is 1.15 bits per heavy atom. The van der Waals surface area contributed by atoms with Gasteiger partial charge in [0.2, 0.25) is 0 Å². The highest BCUT2D eigenvalue weighted by Crippen LogP contribution is 2.19. The molecule has 0 radical (unpaired) electrons. The Balaban J connectivity index is 5.63. The van der Waals surface area contributed by atoms with Crippen LogP contribution < -0.4 is 0 Å². The highest BCUT2D eigenvalue weighted by atomic mass is 16.6. The van der Waals surface area contributed by atoms with Gasteiger partial charge in [-0.15, -0.1) is 0 Å². The summed E-state index contributed by atoms with van der Waals surface area (Å²) in [7, 11) is 0. The number of esters is 3. The topological polar surface area (TPSA) is 99.2 Å². The minimum atomic E-state index is -1.01. The van der Waals surface area contributed by atoms with Crippen molar-refractivity contribution in [3.63, 3.8) is 0 Å². The van der Waals surface area contributed by atoms with E-state index in [0.29, 0.717) is 19.3 Å². The molecular weight excluding hydrogens is 522 g/mol. The predicted molar refractivity (Wildman–Crippen MR) is 163 cm³/mol. The Bertz CT molecular complexity index is 718. The number of unbranched alkanes of at least 4 members (excludes halogenated alkanes) is 3. The smallest absolute Gasteiger partial charge is 0.309 e. The Kier molecular flexibility index (Phi) is 21.3. The van der Waals surface area contributed by atoms with Crippen molar-refractivity contribution in [2.75, 3.05) is 13.1 Å². The number of carbonyl (C=O) groups is 4. The van der Waals surface area contributed by atoms with Crippen molar-refractivity contribution in [2.24, 2.45) is 17.8 Å². The SMILES string of the molecule is CCCC[C@H](CC)C(=O)O[C@H](C)CN(C[C@@H](C)OC(=O)[C@@H](CC)CCCC)C(=O)[C@@H](C)OC(=O)[C@@H](CC)CCCC. The zero-order valence-corrected chi connectivity index (χ0v) is 27.7. The highest BCUT2D eigenvalue weighted by molar-refractivity contribution is 5.84. The summed E-state index contributed by atoms with van der Waals surface area (Å²) in [5.41, 5.74) is 0. The number of nitrogens with zero attached hydrogens (tertiary/aromatic N) is 1. The van der Waals surface area contributed by atoms with Crippen LogP contribution in [0.25, 0.3) is 0 Å². The normalized spacial score (nSPS) is 15.6. The third-order valence-corrected chi connectivity index (χ3v) is 7.74.